The number of carbonyl (C=O) groups is 1. The van der Waals surface area contributed by atoms with Crippen molar-refractivity contribution in [1.82, 2.24) is 5.32 Å². The first-order valence-corrected chi connectivity index (χ1v) is 9.63. The van der Waals surface area contributed by atoms with E-state index in [0.717, 1.165) is 23.3 Å². The average molecular weight is 351 g/mol. The third-order valence-corrected chi connectivity index (χ3v) is 5.20. The van der Waals surface area contributed by atoms with Crippen LogP contribution in [-0.2, 0) is 17.6 Å². The molecule has 1 N–H and O–H groups in total. The van der Waals surface area contributed by atoms with Crippen molar-refractivity contribution in [3.63, 3.8) is 0 Å². The number of carbonyl (C=O) groups excluding carboxylic acids is 1. The number of hydrogen-bond donors (Lipinski definition) is 1. The van der Waals surface area contributed by atoms with Crippen LogP contribution in [0, 0.1) is 0 Å². The Labute approximate surface area is 156 Å². The fourth-order valence-corrected chi connectivity index (χ4v) is 3.58. The maximum atomic E-state index is 12.6. The zero-order chi connectivity index (χ0) is 18.7. The number of nitrogens with one attached hydrogen (secondary N) is 1. The molecule has 1 aliphatic carbocycles. The molecule has 1 aliphatic rings. The van der Waals surface area contributed by atoms with Gasteiger partial charge in [-0.2, -0.15) is 0 Å². The average Bonchev–Trinajstić information content (AvgIpc) is 3.09. The first-order valence-electron chi connectivity index (χ1n) is 9.63. The summed E-state index contributed by atoms with van der Waals surface area (Å²) >= 11 is 0. The molecule has 0 radical (unpaired) electrons. The second-order valence-corrected chi connectivity index (χ2v) is 7.56. The van der Waals surface area contributed by atoms with Crippen molar-refractivity contribution < 1.29 is 9.53 Å². The second kappa shape index (κ2) is 7.94. The topological polar surface area (TPSA) is 38.3 Å². The van der Waals surface area contributed by atoms with Crippen LogP contribution in [0.25, 0.3) is 0 Å². The highest BCUT2D eigenvalue weighted by Crippen LogP contribution is 2.27. The van der Waals surface area contributed by atoms with Gasteiger partial charge >= 0.3 is 0 Å². The standard InChI is InChI=1S/C23H29NO2/c1-15(2)21-10-5-6-11-22(21)26-17(4)23(25)24-16(3)19-13-12-18-8-7-9-20(18)14-19/h5-6,10-17H,7-9H2,1-4H3,(H,24,25)/t16-,17+/m1/s1. The molecular weight excluding hydrogens is 322 g/mol. The molecule has 0 spiro atoms. The molecule has 2 aromatic rings. The van der Waals surface area contributed by atoms with Gasteiger partial charge in [0.2, 0.25) is 0 Å². The van der Waals surface area contributed by atoms with Crippen LogP contribution in [0.3, 0.4) is 0 Å². The van der Waals surface area contributed by atoms with Gasteiger partial charge in [0.25, 0.3) is 5.91 Å². The van der Waals surface area contributed by atoms with E-state index in [2.05, 4.69) is 43.4 Å². The molecule has 0 aliphatic heterocycles. The summed E-state index contributed by atoms with van der Waals surface area (Å²) in [5.41, 5.74) is 5.17. The van der Waals surface area contributed by atoms with E-state index in [4.69, 9.17) is 4.74 Å². The van der Waals surface area contributed by atoms with Crippen molar-refractivity contribution in [3.05, 3.63) is 64.7 Å². The highest BCUT2D eigenvalue weighted by atomic mass is 16.5. The minimum Gasteiger partial charge on any atom is -0.481 e. The molecule has 0 saturated heterocycles. The summed E-state index contributed by atoms with van der Waals surface area (Å²) in [5.74, 6) is 1.05. The molecule has 0 saturated carbocycles. The Morgan fingerprint density at radius 2 is 1.73 bits per heavy atom. The summed E-state index contributed by atoms with van der Waals surface area (Å²) in [5, 5.41) is 3.09. The number of fused-ring (bicyclic) bond motifs is 1. The molecule has 3 rings (SSSR count). The van der Waals surface area contributed by atoms with Gasteiger partial charge in [-0.05, 0) is 67.3 Å². The number of aryl methyl sites for hydroxylation is 2. The summed E-state index contributed by atoms with van der Waals surface area (Å²) in [7, 11) is 0. The Morgan fingerprint density at radius 1 is 1.00 bits per heavy atom. The lowest BCUT2D eigenvalue weighted by Crippen LogP contribution is -2.38. The van der Waals surface area contributed by atoms with Gasteiger partial charge in [-0.1, -0.05) is 50.2 Å². The first kappa shape index (κ1) is 18.5. The van der Waals surface area contributed by atoms with Crippen molar-refractivity contribution in [2.24, 2.45) is 0 Å². The fourth-order valence-electron chi connectivity index (χ4n) is 3.58. The first-order chi connectivity index (χ1) is 12.5. The monoisotopic (exact) mass is 351 g/mol. The van der Waals surface area contributed by atoms with Gasteiger partial charge in [-0.25, -0.2) is 0 Å². The Kier molecular flexibility index (Phi) is 5.65. The van der Waals surface area contributed by atoms with E-state index >= 15 is 0 Å². The van der Waals surface area contributed by atoms with Gasteiger partial charge in [-0.3, -0.25) is 4.79 Å². The lowest BCUT2D eigenvalue weighted by Gasteiger charge is -2.21. The molecule has 2 atom stereocenters. The van der Waals surface area contributed by atoms with Crippen LogP contribution in [0.5, 0.6) is 5.75 Å². The molecule has 0 unspecified atom stereocenters. The van der Waals surface area contributed by atoms with Crippen molar-refractivity contribution >= 4 is 5.91 Å². The van der Waals surface area contributed by atoms with E-state index in [-0.39, 0.29) is 11.9 Å². The van der Waals surface area contributed by atoms with Gasteiger partial charge in [0.1, 0.15) is 5.75 Å². The van der Waals surface area contributed by atoms with E-state index < -0.39 is 6.10 Å². The van der Waals surface area contributed by atoms with Gasteiger partial charge in [0.05, 0.1) is 6.04 Å². The Morgan fingerprint density at radius 3 is 2.50 bits per heavy atom. The molecular formula is C23H29NO2. The van der Waals surface area contributed by atoms with E-state index in [1.807, 2.05) is 32.0 Å². The molecule has 1 amide bonds. The summed E-state index contributed by atoms with van der Waals surface area (Å²) in [6.45, 7) is 8.09. The fraction of sp³-hybridized carbons (Fsp3) is 0.435. The number of ether oxygens (including phenoxy) is 1. The normalized spacial score (nSPS) is 15.4. The van der Waals surface area contributed by atoms with Crippen LogP contribution >= 0.6 is 0 Å². The molecule has 0 bridgehead atoms. The van der Waals surface area contributed by atoms with Crippen LogP contribution in [-0.4, -0.2) is 12.0 Å². The predicted molar refractivity (Wildman–Crippen MR) is 106 cm³/mol. The number of para-hydroxylation sites is 1. The van der Waals surface area contributed by atoms with Gasteiger partial charge < -0.3 is 10.1 Å². The minimum atomic E-state index is -0.535. The Hall–Kier alpha value is -2.29. The largest absolute Gasteiger partial charge is 0.481 e. The SMILES string of the molecule is CC(C)c1ccccc1O[C@@H](C)C(=O)N[C@H](C)c1ccc2c(c1)CCC2. The van der Waals surface area contributed by atoms with Gasteiger partial charge in [0.15, 0.2) is 6.10 Å². The number of rotatable bonds is 6. The zero-order valence-corrected chi connectivity index (χ0v) is 16.2. The van der Waals surface area contributed by atoms with Gasteiger partial charge in [-0.15, -0.1) is 0 Å². The summed E-state index contributed by atoms with van der Waals surface area (Å²) in [6.07, 6.45) is 3.03. The van der Waals surface area contributed by atoms with Gasteiger partial charge in [0, 0.05) is 0 Å². The quantitative estimate of drug-likeness (QED) is 0.800. The number of hydrogen-bond acceptors (Lipinski definition) is 2. The van der Waals surface area contributed by atoms with Crippen molar-refractivity contribution in [2.75, 3.05) is 0 Å². The number of benzene rings is 2. The molecule has 2 aromatic carbocycles. The summed E-state index contributed by atoms with van der Waals surface area (Å²) in [6, 6.07) is 14.5. The lowest BCUT2D eigenvalue weighted by molar-refractivity contribution is -0.127. The van der Waals surface area contributed by atoms with Crippen LogP contribution in [0.1, 0.15) is 68.3 Å². The van der Waals surface area contributed by atoms with E-state index in [1.54, 1.807) is 0 Å². The third kappa shape index (κ3) is 4.09. The van der Waals surface area contributed by atoms with E-state index in [9.17, 15) is 4.79 Å². The highest BCUT2D eigenvalue weighted by molar-refractivity contribution is 5.81. The van der Waals surface area contributed by atoms with E-state index in [0.29, 0.717) is 5.92 Å². The number of amides is 1. The predicted octanol–water partition coefficient (Wildman–Crippen LogP) is 4.94. The molecule has 3 heteroatoms. The molecule has 0 fully saturated rings. The molecule has 138 valence electrons. The maximum Gasteiger partial charge on any atom is 0.261 e. The lowest BCUT2D eigenvalue weighted by atomic mass is 10.0. The molecule has 0 aromatic heterocycles. The van der Waals surface area contributed by atoms with Crippen molar-refractivity contribution in [3.8, 4) is 5.75 Å². The smallest absolute Gasteiger partial charge is 0.261 e. The Bertz CT molecular complexity index is 782. The summed E-state index contributed by atoms with van der Waals surface area (Å²) in [4.78, 5) is 12.6. The molecule has 3 nitrogen and oxygen atoms in total. The highest BCUT2D eigenvalue weighted by Gasteiger charge is 2.20. The van der Waals surface area contributed by atoms with Crippen LogP contribution in [0.15, 0.2) is 42.5 Å². The Balaban J connectivity index is 1.64. The minimum absolute atomic E-state index is 0.0280. The summed E-state index contributed by atoms with van der Waals surface area (Å²) < 4.78 is 5.97. The molecule has 26 heavy (non-hydrogen) atoms. The van der Waals surface area contributed by atoms with Crippen molar-refractivity contribution in [1.29, 1.82) is 0 Å². The second-order valence-electron chi connectivity index (χ2n) is 7.56. The van der Waals surface area contributed by atoms with Crippen molar-refractivity contribution in [2.45, 2.75) is 65.0 Å². The van der Waals surface area contributed by atoms with Crippen LogP contribution in [0.2, 0.25) is 0 Å². The maximum absolute atomic E-state index is 12.6. The van der Waals surface area contributed by atoms with Crippen LogP contribution in [0.4, 0.5) is 0 Å². The third-order valence-electron chi connectivity index (χ3n) is 5.20. The molecule has 0 heterocycles. The van der Waals surface area contributed by atoms with Crippen LogP contribution < -0.4 is 10.1 Å². The zero-order valence-electron chi connectivity index (χ0n) is 16.2. The van der Waals surface area contributed by atoms with E-state index in [1.165, 1.54) is 24.0 Å².